The van der Waals surface area contributed by atoms with Crippen molar-refractivity contribution in [2.75, 3.05) is 0 Å². The molecule has 0 nitrogen and oxygen atoms in total. The van der Waals surface area contributed by atoms with Crippen molar-refractivity contribution in [1.29, 1.82) is 0 Å². The normalized spacial score (nSPS) is 11.2. The quantitative estimate of drug-likeness (QED) is 0.624. The monoisotopic (exact) mass is 236 g/mol. The van der Waals surface area contributed by atoms with E-state index in [1.165, 1.54) is 0 Å². The number of halogens is 2. The van der Waals surface area contributed by atoms with Gasteiger partial charge in [0.15, 0.2) is 0 Å². The van der Waals surface area contributed by atoms with E-state index in [0.717, 1.165) is 23.6 Å². The Kier molecular flexibility index (Phi) is 4.62. The van der Waals surface area contributed by atoms with Gasteiger partial charge in [-0.15, -0.1) is 0 Å². The fourth-order valence-electron chi connectivity index (χ4n) is 1.51. The molecule has 0 saturated heterocycles. The molecule has 0 fully saturated rings. The molecule has 0 saturated carbocycles. The lowest BCUT2D eigenvalue weighted by molar-refractivity contribution is 0.0135. The highest BCUT2D eigenvalue weighted by Gasteiger charge is 2.20. The van der Waals surface area contributed by atoms with Gasteiger partial charge in [-0.25, -0.2) is 8.78 Å². The lowest BCUT2D eigenvalue weighted by Crippen LogP contribution is -2.09. The number of benzene rings is 1. The van der Waals surface area contributed by atoms with Gasteiger partial charge in [0.05, 0.1) is 0 Å². The predicted molar refractivity (Wildman–Crippen MR) is 68.3 cm³/mol. The van der Waals surface area contributed by atoms with Crippen LogP contribution in [0, 0.1) is 0 Å². The molecule has 0 spiro atoms. The first kappa shape index (κ1) is 13.6. The summed E-state index contributed by atoms with van der Waals surface area (Å²) in [6.07, 6.45) is 0.809. The van der Waals surface area contributed by atoms with Crippen LogP contribution < -0.4 is 0 Å². The van der Waals surface area contributed by atoms with Gasteiger partial charge in [0, 0.05) is 6.42 Å². The van der Waals surface area contributed by atoms with E-state index in [4.69, 9.17) is 0 Å². The Bertz CT molecular complexity index is 385. The van der Waals surface area contributed by atoms with Crippen molar-refractivity contribution in [3.8, 4) is 0 Å². The Hall–Kier alpha value is -1.44. The van der Waals surface area contributed by atoms with Crippen molar-refractivity contribution in [2.45, 2.75) is 32.1 Å². The number of alkyl halides is 2. The molecular weight excluding hydrogens is 218 g/mol. The average Bonchev–Trinajstić information content (AvgIpc) is 2.26. The van der Waals surface area contributed by atoms with Crippen LogP contribution in [-0.4, -0.2) is 5.92 Å². The largest absolute Gasteiger partial charge is 0.245 e. The van der Waals surface area contributed by atoms with Crippen LogP contribution in [0.4, 0.5) is 8.78 Å². The van der Waals surface area contributed by atoms with Crippen LogP contribution in [0.5, 0.6) is 0 Å². The number of rotatable bonds is 6. The van der Waals surface area contributed by atoms with Gasteiger partial charge in [-0.3, -0.25) is 0 Å². The van der Waals surface area contributed by atoms with Gasteiger partial charge in [-0.2, -0.15) is 0 Å². The minimum Gasteiger partial charge on any atom is -0.207 e. The molecule has 92 valence electrons. The molecule has 0 aliphatic heterocycles. The summed E-state index contributed by atoms with van der Waals surface area (Å²) in [4.78, 5) is 0. The van der Waals surface area contributed by atoms with Gasteiger partial charge in [0.2, 0.25) is 5.92 Å². The van der Waals surface area contributed by atoms with Gasteiger partial charge in [-0.05, 0) is 30.9 Å². The summed E-state index contributed by atoms with van der Waals surface area (Å²) in [5.41, 5.74) is 2.68. The highest BCUT2D eigenvalue weighted by Crippen LogP contribution is 2.24. The predicted octanol–water partition coefficient (Wildman–Crippen LogP) is 4.78. The van der Waals surface area contributed by atoms with Gasteiger partial charge >= 0.3 is 0 Å². The summed E-state index contributed by atoms with van der Waals surface area (Å²) in [6, 6.07) is 9.83. The SMILES string of the molecule is C=C(CCC(C)(F)F)C(=C)Cc1ccccc1. The Balaban J connectivity index is 2.46. The van der Waals surface area contributed by atoms with Crippen LogP contribution in [0.2, 0.25) is 0 Å². The van der Waals surface area contributed by atoms with Crippen molar-refractivity contribution in [3.05, 3.63) is 60.2 Å². The molecule has 0 aromatic heterocycles. The van der Waals surface area contributed by atoms with Crippen LogP contribution in [0.25, 0.3) is 0 Å². The molecule has 0 amide bonds. The van der Waals surface area contributed by atoms with Crippen molar-refractivity contribution in [2.24, 2.45) is 0 Å². The second kappa shape index (κ2) is 5.76. The topological polar surface area (TPSA) is 0 Å². The maximum Gasteiger partial charge on any atom is 0.245 e. The molecule has 0 aliphatic rings. The zero-order valence-electron chi connectivity index (χ0n) is 10.2. The van der Waals surface area contributed by atoms with Crippen molar-refractivity contribution < 1.29 is 8.78 Å². The summed E-state index contributed by atoms with van der Waals surface area (Å²) in [6.45, 7) is 8.66. The summed E-state index contributed by atoms with van der Waals surface area (Å²) in [5, 5.41) is 0. The molecule has 0 unspecified atom stereocenters. The van der Waals surface area contributed by atoms with E-state index in [9.17, 15) is 8.78 Å². The first-order valence-corrected chi connectivity index (χ1v) is 5.66. The molecule has 1 aromatic carbocycles. The van der Waals surface area contributed by atoms with E-state index < -0.39 is 5.92 Å². The van der Waals surface area contributed by atoms with Gasteiger partial charge in [-0.1, -0.05) is 49.1 Å². The standard InChI is InChI=1S/C15H18F2/c1-12(9-10-15(3,16)17)13(2)11-14-7-5-4-6-8-14/h4-8H,1-2,9-11H2,3H3. The molecule has 2 heteroatoms. The first-order valence-electron chi connectivity index (χ1n) is 5.66. The fourth-order valence-corrected chi connectivity index (χ4v) is 1.51. The van der Waals surface area contributed by atoms with E-state index in [2.05, 4.69) is 13.2 Å². The van der Waals surface area contributed by atoms with Crippen molar-refractivity contribution >= 4 is 0 Å². The van der Waals surface area contributed by atoms with E-state index >= 15 is 0 Å². The third kappa shape index (κ3) is 5.43. The van der Waals surface area contributed by atoms with Crippen molar-refractivity contribution in [3.63, 3.8) is 0 Å². The number of allylic oxidation sites excluding steroid dienone is 2. The van der Waals surface area contributed by atoms with Gasteiger partial charge < -0.3 is 0 Å². The van der Waals surface area contributed by atoms with E-state index in [-0.39, 0.29) is 6.42 Å². The Labute approximate surface area is 102 Å². The Morgan fingerprint density at radius 3 is 2.24 bits per heavy atom. The third-order valence-corrected chi connectivity index (χ3v) is 2.63. The second-order valence-electron chi connectivity index (χ2n) is 4.44. The summed E-state index contributed by atoms with van der Waals surface area (Å²) >= 11 is 0. The highest BCUT2D eigenvalue weighted by atomic mass is 19.3. The number of hydrogen-bond acceptors (Lipinski definition) is 0. The summed E-state index contributed by atoms with van der Waals surface area (Å²) < 4.78 is 25.4. The van der Waals surface area contributed by atoms with Crippen LogP contribution in [-0.2, 0) is 6.42 Å². The molecule has 0 heterocycles. The molecule has 17 heavy (non-hydrogen) atoms. The fraction of sp³-hybridized carbons (Fsp3) is 0.333. The summed E-state index contributed by atoms with van der Waals surface area (Å²) in [7, 11) is 0. The molecule has 0 N–H and O–H groups in total. The van der Waals surface area contributed by atoms with Gasteiger partial charge in [0.1, 0.15) is 0 Å². The molecule has 0 bridgehead atoms. The minimum absolute atomic E-state index is 0.167. The highest BCUT2D eigenvalue weighted by molar-refractivity contribution is 5.31. The first-order chi connectivity index (χ1) is 7.88. The molecule has 0 aliphatic carbocycles. The maximum absolute atomic E-state index is 12.7. The second-order valence-corrected chi connectivity index (χ2v) is 4.44. The van der Waals surface area contributed by atoms with E-state index in [0.29, 0.717) is 12.8 Å². The minimum atomic E-state index is -2.63. The third-order valence-electron chi connectivity index (χ3n) is 2.63. The Morgan fingerprint density at radius 2 is 1.71 bits per heavy atom. The molecule has 0 radical (unpaired) electrons. The number of hydrogen-bond donors (Lipinski definition) is 0. The lowest BCUT2D eigenvalue weighted by Gasteiger charge is -2.13. The smallest absolute Gasteiger partial charge is 0.207 e. The maximum atomic E-state index is 12.7. The van der Waals surface area contributed by atoms with Gasteiger partial charge in [0.25, 0.3) is 0 Å². The van der Waals surface area contributed by atoms with Crippen LogP contribution in [0.1, 0.15) is 25.3 Å². The zero-order chi connectivity index (χ0) is 12.9. The average molecular weight is 236 g/mol. The van der Waals surface area contributed by atoms with Crippen molar-refractivity contribution in [1.82, 2.24) is 0 Å². The van der Waals surface area contributed by atoms with Crippen LogP contribution in [0.3, 0.4) is 0 Å². The Morgan fingerprint density at radius 1 is 1.12 bits per heavy atom. The van der Waals surface area contributed by atoms with Crippen LogP contribution >= 0.6 is 0 Å². The summed E-state index contributed by atoms with van der Waals surface area (Å²) in [5.74, 6) is -2.63. The molecular formula is C15H18F2. The molecule has 1 aromatic rings. The molecule has 1 rings (SSSR count). The van der Waals surface area contributed by atoms with Crippen LogP contribution in [0.15, 0.2) is 54.6 Å². The zero-order valence-corrected chi connectivity index (χ0v) is 10.2. The van der Waals surface area contributed by atoms with E-state index in [1.54, 1.807) is 0 Å². The molecule has 0 atom stereocenters. The van der Waals surface area contributed by atoms with E-state index in [1.807, 2.05) is 30.3 Å². The lowest BCUT2D eigenvalue weighted by atomic mass is 9.96.